The molecule has 0 saturated heterocycles. The summed E-state index contributed by atoms with van der Waals surface area (Å²) < 4.78 is 25.7. The molecule has 6 heteroatoms. The third-order valence-corrected chi connectivity index (χ3v) is 9.86. The number of nitrogens with zero attached hydrogens (tertiary/aromatic N) is 1. The molecule has 5 nitrogen and oxygen atoms in total. The third-order valence-electron chi connectivity index (χ3n) is 7.38. The summed E-state index contributed by atoms with van der Waals surface area (Å²) in [5.74, 6) is 0.0143. The minimum Gasteiger partial charge on any atom is -0.336 e. The first-order valence-corrected chi connectivity index (χ1v) is 17.2. The van der Waals surface area contributed by atoms with Gasteiger partial charge in [0.15, 0.2) is 0 Å². The molecule has 0 N–H and O–H groups in total. The fraction of sp³-hybridized carbons (Fsp3) is 0.967. The molecule has 3 unspecified atom stereocenters. The molecule has 0 aromatic rings. The van der Waals surface area contributed by atoms with Gasteiger partial charge in [0.05, 0.1) is 13.2 Å². The van der Waals surface area contributed by atoms with Crippen molar-refractivity contribution in [1.82, 2.24) is 4.90 Å². The highest BCUT2D eigenvalue weighted by Crippen LogP contribution is 2.55. The summed E-state index contributed by atoms with van der Waals surface area (Å²) in [7, 11) is -3.56. The fourth-order valence-electron chi connectivity index (χ4n) is 5.28. The Kier molecular flexibility index (Phi) is 22.4. The second-order valence-corrected chi connectivity index (χ2v) is 12.5. The second-order valence-electron chi connectivity index (χ2n) is 10.3. The Morgan fingerprint density at radius 1 is 0.611 bits per heavy atom. The van der Waals surface area contributed by atoms with Crippen LogP contribution in [0.5, 0.6) is 0 Å². The predicted molar refractivity (Wildman–Crippen MR) is 156 cm³/mol. The molecule has 0 heterocycles. The molecule has 0 aliphatic heterocycles. The van der Waals surface area contributed by atoms with Crippen molar-refractivity contribution in [3.8, 4) is 0 Å². The number of carbonyl (C=O) groups excluding carboxylic acids is 1. The van der Waals surface area contributed by atoms with Gasteiger partial charge in [-0.15, -0.1) is 0 Å². The SMILES string of the molecule is CCCCCCCCC(C(=O)N(C(CC)CCCCC)C(CC)CCCCC)P(=O)(OCC)OCC. The predicted octanol–water partition coefficient (Wildman–Crippen LogP) is 9.92. The van der Waals surface area contributed by atoms with E-state index in [2.05, 4.69) is 39.5 Å². The van der Waals surface area contributed by atoms with Gasteiger partial charge in [-0.05, 0) is 46.0 Å². The Hall–Kier alpha value is -0.380. The van der Waals surface area contributed by atoms with Crippen molar-refractivity contribution in [2.75, 3.05) is 13.2 Å². The molecule has 36 heavy (non-hydrogen) atoms. The zero-order valence-electron chi connectivity index (χ0n) is 25.2. The van der Waals surface area contributed by atoms with Crippen LogP contribution in [0.2, 0.25) is 0 Å². The Morgan fingerprint density at radius 3 is 1.42 bits per heavy atom. The molecule has 3 atom stereocenters. The molecular weight excluding hydrogens is 469 g/mol. The van der Waals surface area contributed by atoms with Crippen LogP contribution in [0.25, 0.3) is 0 Å². The number of hydrogen-bond acceptors (Lipinski definition) is 4. The van der Waals surface area contributed by atoms with Gasteiger partial charge < -0.3 is 13.9 Å². The first kappa shape index (κ1) is 35.6. The summed E-state index contributed by atoms with van der Waals surface area (Å²) >= 11 is 0. The van der Waals surface area contributed by atoms with E-state index in [0.717, 1.165) is 57.8 Å². The molecule has 0 aromatic heterocycles. The van der Waals surface area contributed by atoms with Gasteiger partial charge in [-0.1, -0.05) is 112 Å². The summed E-state index contributed by atoms with van der Waals surface area (Å²) in [6.45, 7) is 15.3. The minimum absolute atomic E-state index is 0.0143. The molecule has 0 bridgehead atoms. The van der Waals surface area contributed by atoms with Gasteiger partial charge in [0.2, 0.25) is 5.91 Å². The number of rotatable bonds is 25. The zero-order valence-corrected chi connectivity index (χ0v) is 26.1. The van der Waals surface area contributed by atoms with Gasteiger partial charge in [0.1, 0.15) is 5.66 Å². The normalized spacial score (nSPS) is 14.5. The van der Waals surface area contributed by atoms with E-state index in [-0.39, 0.29) is 18.0 Å². The van der Waals surface area contributed by atoms with E-state index in [9.17, 15) is 9.36 Å². The van der Waals surface area contributed by atoms with E-state index in [1.807, 2.05) is 13.8 Å². The van der Waals surface area contributed by atoms with Gasteiger partial charge in [0.25, 0.3) is 0 Å². The van der Waals surface area contributed by atoms with Gasteiger partial charge in [0, 0.05) is 12.1 Å². The van der Waals surface area contributed by atoms with Crippen LogP contribution in [0.15, 0.2) is 0 Å². The fourth-order valence-corrected chi connectivity index (χ4v) is 7.34. The topological polar surface area (TPSA) is 55.8 Å². The zero-order chi connectivity index (χ0) is 27.2. The number of amides is 1. The molecule has 1 amide bonds. The summed E-state index contributed by atoms with van der Waals surface area (Å²) in [6.07, 6.45) is 18.2. The van der Waals surface area contributed by atoms with E-state index >= 15 is 0 Å². The van der Waals surface area contributed by atoms with E-state index < -0.39 is 13.3 Å². The molecule has 0 saturated carbocycles. The van der Waals surface area contributed by atoms with Crippen molar-refractivity contribution in [1.29, 1.82) is 0 Å². The first-order chi connectivity index (χ1) is 17.4. The summed E-state index contributed by atoms with van der Waals surface area (Å²) in [5.41, 5.74) is -0.705. The van der Waals surface area contributed by atoms with E-state index in [0.29, 0.717) is 19.6 Å². The molecule has 0 radical (unpaired) electrons. The lowest BCUT2D eigenvalue weighted by atomic mass is 9.97. The Morgan fingerprint density at radius 2 is 1.00 bits per heavy atom. The average molecular weight is 532 g/mol. The van der Waals surface area contributed by atoms with Crippen LogP contribution in [-0.4, -0.2) is 41.8 Å². The van der Waals surface area contributed by atoms with Crippen LogP contribution in [-0.2, 0) is 18.4 Å². The molecule has 0 spiro atoms. The smallest absolute Gasteiger partial charge is 0.336 e. The van der Waals surface area contributed by atoms with E-state index in [1.165, 1.54) is 44.9 Å². The number of hydrogen-bond donors (Lipinski definition) is 0. The van der Waals surface area contributed by atoms with Crippen molar-refractivity contribution < 1.29 is 18.4 Å². The van der Waals surface area contributed by atoms with Gasteiger partial charge in [-0.3, -0.25) is 9.36 Å². The average Bonchev–Trinajstić information content (AvgIpc) is 2.86. The molecule has 216 valence electrons. The molecule has 0 aromatic carbocycles. The van der Waals surface area contributed by atoms with Crippen LogP contribution in [0.3, 0.4) is 0 Å². The van der Waals surface area contributed by atoms with Crippen molar-refractivity contribution >= 4 is 13.5 Å². The molecular formula is C30H62NO4P. The van der Waals surface area contributed by atoms with Crippen LogP contribution >= 0.6 is 7.60 Å². The van der Waals surface area contributed by atoms with Crippen molar-refractivity contribution in [3.05, 3.63) is 0 Å². The standard InChI is InChI=1S/C30H62NO4P/c1-8-15-18-19-20-23-26-29(36(33,34-13-6)35-14-7)30(32)31(27(11-4)24-21-16-9-2)28(12-5)25-22-17-10-3/h27-29H,8-26H2,1-7H3. The number of unbranched alkanes of at least 4 members (excludes halogenated alkanes) is 9. The molecule has 0 fully saturated rings. The highest BCUT2D eigenvalue weighted by molar-refractivity contribution is 7.55. The van der Waals surface area contributed by atoms with E-state index in [4.69, 9.17) is 9.05 Å². The highest BCUT2D eigenvalue weighted by Gasteiger charge is 2.45. The minimum atomic E-state index is -3.56. The maximum absolute atomic E-state index is 14.5. The quantitative estimate of drug-likeness (QED) is 0.0868. The lowest BCUT2D eigenvalue weighted by molar-refractivity contribution is -0.137. The van der Waals surface area contributed by atoms with Crippen LogP contribution < -0.4 is 0 Å². The van der Waals surface area contributed by atoms with Crippen molar-refractivity contribution in [2.45, 2.75) is 175 Å². The van der Waals surface area contributed by atoms with Crippen molar-refractivity contribution in [3.63, 3.8) is 0 Å². The molecule has 0 aliphatic carbocycles. The van der Waals surface area contributed by atoms with E-state index in [1.54, 1.807) is 0 Å². The monoisotopic (exact) mass is 531 g/mol. The molecule has 0 aliphatic rings. The Bertz CT molecular complexity index is 543. The van der Waals surface area contributed by atoms with Crippen molar-refractivity contribution in [2.24, 2.45) is 0 Å². The maximum Gasteiger partial charge on any atom is 0.343 e. The Balaban J connectivity index is 6.10. The van der Waals surface area contributed by atoms with Gasteiger partial charge >= 0.3 is 7.60 Å². The third kappa shape index (κ3) is 13.4. The lowest BCUT2D eigenvalue weighted by Crippen LogP contribution is -2.51. The van der Waals surface area contributed by atoms with Gasteiger partial charge in [-0.2, -0.15) is 0 Å². The lowest BCUT2D eigenvalue weighted by Gasteiger charge is -2.41. The summed E-state index contributed by atoms with van der Waals surface area (Å²) in [6, 6.07) is 0.360. The summed E-state index contributed by atoms with van der Waals surface area (Å²) in [5, 5.41) is 0. The Labute approximate surface area is 225 Å². The van der Waals surface area contributed by atoms with Gasteiger partial charge in [-0.25, -0.2) is 0 Å². The number of carbonyl (C=O) groups is 1. The first-order valence-electron chi connectivity index (χ1n) is 15.6. The second kappa shape index (κ2) is 22.6. The summed E-state index contributed by atoms with van der Waals surface area (Å²) in [4.78, 5) is 16.6. The molecule has 0 rings (SSSR count). The maximum atomic E-state index is 14.5. The van der Waals surface area contributed by atoms with Crippen LogP contribution in [0.1, 0.15) is 158 Å². The largest absolute Gasteiger partial charge is 0.343 e. The van der Waals surface area contributed by atoms with Crippen LogP contribution in [0, 0.1) is 0 Å². The van der Waals surface area contributed by atoms with Crippen LogP contribution in [0.4, 0.5) is 0 Å². The highest BCUT2D eigenvalue weighted by atomic mass is 31.2.